The quantitative estimate of drug-likeness (QED) is 0.456. The summed E-state index contributed by atoms with van der Waals surface area (Å²) in [4.78, 5) is 37.5. The van der Waals surface area contributed by atoms with Gasteiger partial charge in [-0.15, -0.1) is 0 Å². The molecule has 1 aromatic heterocycles. The molecule has 35 heavy (non-hydrogen) atoms. The molecule has 1 aliphatic carbocycles. The molecule has 10 heteroatoms. The molecular weight excluding hydrogens is 452 g/mol. The van der Waals surface area contributed by atoms with Crippen LogP contribution in [0.2, 0.25) is 0 Å². The highest BCUT2D eigenvalue weighted by Crippen LogP contribution is 2.33. The monoisotopic (exact) mass is 478 g/mol. The van der Waals surface area contributed by atoms with Crippen LogP contribution in [0.5, 0.6) is 17.2 Å². The van der Waals surface area contributed by atoms with E-state index in [1.807, 2.05) is 0 Å². The number of amides is 2. The SMILES string of the molecule is CC(=O)N(CC1CC1)c1ccc(Oc2cc(OCC(=O)O)cc(C(=O)Nc3ccn(C)n3)c2)cc1. The fourth-order valence-electron chi connectivity index (χ4n) is 3.46. The maximum Gasteiger partial charge on any atom is 0.341 e. The van der Waals surface area contributed by atoms with E-state index < -0.39 is 18.5 Å². The van der Waals surface area contributed by atoms with Crippen LogP contribution >= 0.6 is 0 Å². The Morgan fingerprint density at radius 1 is 1.09 bits per heavy atom. The van der Waals surface area contributed by atoms with Gasteiger partial charge in [-0.3, -0.25) is 14.3 Å². The predicted octanol–water partition coefficient (Wildman–Crippen LogP) is 3.69. The van der Waals surface area contributed by atoms with E-state index in [-0.39, 0.29) is 23.0 Å². The molecule has 1 fully saturated rings. The maximum absolute atomic E-state index is 12.8. The van der Waals surface area contributed by atoms with Gasteiger partial charge in [-0.05, 0) is 55.2 Å². The molecule has 182 valence electrons. The average Bonchev–Trinajstić information content (AvgIpc) is 3.56. The first-order chi connectivity index (χ1) is 16.8. The minimum atomic E-state index is -1.15. The Hall–Kier alpha value is -4.34. The minimum Gasteiger partial charge on any atom is -0.482 e. The molecule has 4 rings (SSSR count). The Morgan fingerprint density at radius 3 is 2.40 bits per heavy atom. The molecule has 0 aliphatic heterocycles. The summed E-state index contributed by atoms with van der Waals surface area (Å²) in [6, 6.07) is 13.2. The van der Waals surface area contributed by atoms with Crippen LogP contribution in [0.1, 0.15) is 30.1 Å². The van der Waals surface area contributed by atoms with Crippen molar-refractivity contribution in [2.45, 2.75) is 19.8 Å². The molecule has 0 bridgehead atoms. The molecule has 0 radical (unpaired) electrons. The first kappa shape index (κ1) is 23.8. The second kappa shape index (κ2) is 10.3. The van der Waals surface area contributed by atoms with E-state index in [4.69, 9.17) is 14.6 Å². The number of aliphatic carboxylic acids is 1. The second-order valence-corrected chi connectivity index (χ2v) is 8.37. The third-order valence-corrected chi connectivity index (χ3v) is 5.36. The Morgan fingerprint density at radius 2 is 1.80 bits per heavy atom. The molecule has 10 nitrogen and oxygen atoms in total. The van der Waals surface area contributed by atoms with E-state index >= 15 is 0 Å². The number of carboxylic acid groups (broad SMARTS) is 1. The number of rotatable bonds is 10. The lowest BCUT2D eigenvalue weighted by Crippen LogP contribution is -2.30. The van der Waals surface area contributed by atoms with Crippen molar-refractivity contribution in [1.82, 2.24) is 9.78 Å². The van der Waals surface area contributed by atoms with E-state index in [9.17, 15) is 14.4 Å². The summed E-state index contributed by atoms with van der Waals surface area (Å²) in [7, 11) is 1.73. The van der Waals surface area contributed by atoms with Crippen molar-refractivity contribution < 1.29 is 29.0 Å². The number of carbonyl (C=O) groups excluding carboxylic acids is 2. The van der Waals surface area contributed by atoms with Gasteiger partial charge in [0, 0.05) is 50.1 Å². The van der Waals surface area contributed by atoms with Gasteiger partial charge < -0.3 is 24.8 Å². The average molecular weight is 479 g/mol. The zero-order valence-corrected chi connectivity index (χ0v) is 19.4. The summed E-state index contributed by atoms with van der Waals surface area (Å²) in [5, 5.41) is 15.7. The molecule has 0 unspecified atom stereocenters. The number of carbonyl (C=O) groups is 3. The molecule has 2 amide bonds. The lowest BCUT2D eigenvalue weighted by Gasteiger charge is -2.21. The van der Waals surface area contributed by atoms with Crippen LogP contribution in [0.4, 0.5) is 11.5 Å². The molecule has 0 spiro atoms. The number of ether oxygens (including phenoxy) is 2. The van der Waals surface area contributed by atoms with Crippen molar-refractivity contribution in [3.63, 3.8) is 0 Å². The maximum atomic E-state index is 12.8. The minimum absolute atomic E-state index is 0.0163. The summed E-state index contributed by atoms with van der Waals surface area (Å²) in [5.41, 5.74) is 0.989. The van der Waals surface area contributed by atoms with Crippen molar-refractivity contribution in [2.75, 3.05) is 23.4 Å². The van der Waals surface area contributed by atoms with Crippen molar-refractivity contribution in [3.05, 3.63) is 60.3 Å². The number of aromatic nitrogens is 2. The molecule has 2 N–H and O–H groups in total. The first-order valence-corrected chi connectivity index (χ1v) is 11.1. The Bertz CT molecular complexity index is 1230. The number of nitrogens with zero attached hydrogens (tertiary/aromatic N) is 3. The number of anilines is 2. The molecule has 1 saturated carbocycles. The van der Waals surface area contributed by atoms with Crippen molar-refractivity contribution in [1.29, 1.82) is 0 Å². The highest BCUT2D eigenvalue weighted by Gasteiger charge is 2.26. The number of benzene rings is 2. The van der Waals surface area contributed by atoms with E-state index in [0.717, 1.165) is 18.5 Å². The van der Waals surface area contributed by atoms with Crippen LogP contribution in [-0.4, -0.2) is 45.8 Å². The zero-order chi connectivity index (χ0) is 24.9. The van der Waals surface area contributed by atoms with Crippen molar-refractivity contribution >= 4 is 29.3 Å². The Kier molecular flexibility index (Phi) is 7.00. The van der Waals surface area contributed by atoms with E-state index in [2.05, 4.69) is 10.4 Å². The molecule has 0 atom stereocenters. The van der Waals surface area contributed by atoms with Crippen LogP contribution in [-0.2, 0) is 16.6 Å². The summed E-state index contributed by atoms with van der Waals surface area (Å²) >= 11 is 0. The molecule has 1 heterocycles. The topological polar surface area (TPSA) is 123 Å². The normalized spacial score (nSPS) is 12.6. The highest BCUT2D eigenvalue weighted by atomic mass is 16.5. The highest BCUT2D eigenvalue weighted by molar-refractivity contribution is 6.04. The fourth-order valence-corrected chi connectivity index (χ4v) is 3.46. The van der Waals surface area contributed by atoms with Crippen molar-refractivity contribution in [3.8, 4) is 17.2 Å². The summed E-state index contributed by atoms with van der Waals surface area (Å²) < 4.78 is 12.8. The van der Waals surface area contributed by atoms with E-state index in [1.165, 1.54) is 18.2 Å². The molecule has 2 aromatic carbocycles. The van der Waals surface area contributed by atoms with Crippen LogP contribution in [0.25, 0.3) is 0 Å². The van der Waals surface area contributed by atoms with Crippen LogP contribution in [0, 0.1) is 5.92 Å². The number of aryl methyl sites for hydroxylation is 1. The molecule has 1 aliphatic rings. The third-order valence-electron chi connectivity index (χ3n) is 5.36. The van der Waals surface area contributed by atoms with Gasteiger partial charge in [0.05, 0.1) is 0 Å². The molecule has 3 aromatic rings. The van der Waals surface area contributed by atoms with Crippen LogP contribution in [0.15, 0.2) is 54.7 Å². The number of hydrogen-bond donors (Lipinski definition) is 2. The van der Waals surface area contributed by atoms with Gasteiger partial charge >= 0.3 is 5.97 Å². The van der Waals surface area contributed by atoms with Gasteiger partial charge in [-0.1, -0.05) is 0 Å². The second-order valence-electron chi connectivity index (χ2n) is 8.37. The lowest BCUT2D eigenvalue weighted by atomic mass is 10.2. The van der Waals surface area contributed by atoms with Crippen molar-refractivity contribution in [2.24, 2.45) is 13.0 Å². The lowest BCUT2D eigenvalue weighted by molar-refractivity contribution is -0.139. The van der Waals surface area contributed by atoms with Gasteiger partial charge in [-0.2, -0.15) is 5.10 Å². The standard InChI is InChI=1S/C25H26N4O6/c1-16(30)29(14-17-3-4-17)19-5-7-20(8-6-19)35-22-12-18(11-21(13-22)34-15-24(31)32)25(33)26-23-9-10-28(2)27-23/h5-13,17H,3-4,14-15H2,1-2H3,(H,31,32)(H,26,27,33). The van der Waals surface area contributed by atoms with Gasteiger partial charge in [0.1, 0.15) is 17.2 Å². The zero-order valence-electron chi connectivity index (χ0n) is 19.4. The molecular formula is C25H26N4O6. The summed E-state index contributed by atoms with van der Waals surface area (Å²) in [5.74, 6) is 0.239. The van der Waals surface area contributed by atoms with E-state index in [0.29, 0.717) is 24.0 Å². The predicted molar refractivity (Wildman–Crippen MR) is 128 cm³/mol. The Labute approximate surface area is 202 Å². The fraction of sp³-hybridized carbons (Fsp3) is 0.280. The Balaban J connectivity index is 1.53. The van der Waals surface area contributed by atoms with Gasteiger partial charge in [-0.25, -0.2) is 4.79 Å². The van der Waals surface area contributed by atoms with Crippen LogP contribution in [0.3, 0.4) is 0 Å². The first-order valence-electron chi connectivity index (χ1n) is 11.1. The summed E-state index contributed by atoms with van der Waals surface area (Å²) in [6.07, 6.45) is 3.97. The number of hydrogen-bond acceptors (Lipinski definition) is 6. The number of nitrogens with one attached hydrogen (secondary N) is 1. The third kappa shape index (κ3) is 6.59. The molecule has 0 saturated heterocycles. The van der Waals surface area contributed by atoms with Crippen LogP contribution < -0.4 is 19.7 Å². The van der Waals surface area contributed by atoms with Gasteiger partial charge in [0.25, 0.3) is 5.91 Å². The number of carboxylic acids is 1. The smallest absolute Gasteiger partial charge is 0.341 e. The summed E-state index contributed by atoms with van der Waals surface area (Å²) in [6.45, 7) is 1.68. The van der Waals surface area contributed by atoms with Gasteiger partial charge in [0.15, 0.2) is 12.4 Å². The van der Waals surface area contributed by atoms with Gasteiger partial charge in [0.2, 0.25) is 5.91 Å². The van der Waals surface area contributed by atoms with E-state index in [1.54, 1.807) is 60.1 Å². The largest absolute Gasteiger partial charge is 0.482 e.